The fraction of sp³-hybridized carbons (Fsp3) is 0.800. The summed E-state index contributed by atoms with van der Waals surface area (Å²) in [5.74, 6) is -2.68. The average molecular weight is 284 g/mol. The number of aliphatic carboxylic acids is 1. The van der Waals surface area contributed by atoms with Gasteiger partial charge in [0.2, 0.25) is 0 Å². The summed E-state index contributed by atoms with van der Waals surface area (Å²) in [6, 6.07) is 0. The highest BCUT2D eigenvalue weighted by atomic mass is 16.4. The number of carbonyl (C=O) groups excluding carboxylic acids is 2. The van der Waals surface area contributed by atoms with E-state index in [-0.39, 0.29) is 12.2 Å². The van der Waals surface area contributed by atoms with E-state index in [0.29, 0.717) is 12.8 Å². The van der Waals surface area contributed by atoms with Crippen LogP contribution in [-0.4, -0.2) is 34.4 Å². The van der Waals surface area contributed by atoms with Gasteiger partial charge in [-0.2, -0.15) is 0 Å². The average Bonchev–Trinajstić information content (AvgIpc) is 2.71. The van der Waals surface area contributed by atoms with E-state index in [1.807, 2.05) is 0 Å². The molecule has 0 spiro atoms. The van der Waals surface area contributed by atoms with E-state index in [0.717, 1.165) is 32.0 Å². The third kappa shape index (κ3) is 4.40. The van der Waals surface area contributed by atoms with Crippen LogP contribution in [0, 0.1) is 17.8 Å². The maximum Gasteiger partial charge on any atom is 0.307 e. The van der Waals surface area contributed by atoms with Gasteiger partial charge in [0.15, 0.2) is 0 Å². The van der Waals surface area contributed by atoms with Crippen LogP contribution in [0.2, 0.25) is 0 Å². The van der Waals surface area contributed by atoms with Crippen LogP contribution >= 0.6 is 0 Å². The first-order chi connectivity index (χ1) is 9.49. The zero-order valence-corrected chi connectivity index (χ0v) is 12.0. The van der Waals surface area contributed by atoms with Gasteiger partial charge in [0.25, 0.3) is 0 Å². The number of hydrogen-bond donors (Lipinski definition) is 2. The number of aldehydes is 1. The Bertz CT molecular complexity index is 350. The predicted molar refractivity (Wildman–Crippen MR) is 73.2 cm³/mol. The minimum atomic E-state index is -0.979. The number of ketones is 1. The van der Waals surface area contributed by atoms with Crippen LogP contribution < -0.4 is 0 Å². The van der Waals surface area contributed by atoms with Gasteiger partial charge in [0.05, 0.1) is 12.0 Å². The third-order valence-corrected chi connectivity index (χ3v) is 4.24. The van der Waals surface area contributed by atoms with Gasteiger partial charge in [-0.1, -0.05) is 19.3 Å². The van der Waals surface area contributed by atoms with Crippen LogP contribution in [0.3, 0.4) is 0 Å². The SMILES string of the molecule is CC(O)[C@@H]1CC(=O)C(CCCCCCC=O)[C@@H]1C(=O)O. The summed E-state index contributed by atoms with van der Waals surface area (Å²) in [5.41, 5.74) is 0. The molecule has 0 aromatic carbocycles. The molecule has 5 nitrogen and oxygen atoms in total. The molecule has 2 unspecified atom stereocenters. The van der Waals surface area contributed by atoms with Crippen molar-refractivity contribution < 1.29 is 24.6 Å². The van der Waals surface area contributed by atoms with E-state index in [1.54, 1.807) is 6.92 Å². The van der Waals surface area contributed by atoms with Gasteiger partial charge < -0.3 is 15.0 Å². The highest BCUT2D eigenvalue weighted by molar-refractivity contribution is 5.90. The van der Waals surface area contributed by atoms with Crippen LogP contribution in [0.4, 0.5) is 0 Å². The van der Waals surface area contributed by atoms with Crippen LogP contribution in [0.25, 0.3) is 0 Å². The second-order valence-electron chi connectivity index (χ2n) is 5.70. The lowest BCUT2D eigenvalue weighted by molar-refractivity contribution is -0.147. The number of hydrogen-bond acceptors (Lipinski definition) is 4. The number of carbonyl (C=O) groups is 3. The van der Waals surface area contributed by atoms with Crippen molar-refractivity contribution in [1.29, 1.82) is 0 Å². The first-order valence-corrected chi connectivity index (χ1v) is 7.36. The first-order valence-electron chi connectivity index (χ1n) is 7.36. The number of Topliss-reactive ketones (excluding diaryl/α,β-unsaturated/α-hetero) is 1. The number of aliphatic hydroxyl groups excluding tert-OH is 1. The van der Waals surface area contributed by atoms with Crippen LogP contribution in [0.1, 0.15) is 51.9 Å². The number of rotatable bonds is 9. The minimum Gasteiger partial charge on any atom is -0.481 e. The van der Waals surface area contributed by atoms with Crippen molar-refractivity contribution in [2.75, 3.05) is 0 Å². The van der Waals surface area contributed by atoms with Crippen molar-refractivity contribution >= 4 is 18.0 Å². The predicted octanol–water partition coefficient (Wildman–Crippen LogP) is 1.81. The Morgan fingerprint density at radius 3 is 2.55 bits per heavy atom. The summed E-state index contributed by atoms with van der Waals surface area (Å²) in [5, 5.41) is 18.9. The molecule has 0 aromatic rings. The molecule has 1 aliphatic carbocycles. The number of aliphatic hydroxyl groups is 1. The van der Waals surface area contributed by atoms with Crippen molar-refractivity contribution in [2.45, 2.75) is 58.0 Å². The molecule has 0 saturated heterocycles. The second-order valence-corrected chi connectivity index (χ2v) is 5.70. The Balaban J connectivity index is 2.47. The standard InChI is InChI=1S/C15H24O5/c1-10(17)12-9-13(18)11(14(12)15(19)20)7-5-3-2-4-6-8-16/h8,10-12,14,17H,2-7,9H2,1H3,(H,19,20)/t10?,11?,12-,14-/m0/s1. The molecule has 2 N–H and O–H groups in total. The van der Waals surface area contributed by atoms with E-state index in [4.69, 9.17) is 0 Å². The molecule has 4 atom stereocenters. The van der Waals surface area contributed by atoms with E-state index < -0.39 is 29.8 Å². The highest BCUT2D eigenvalue weighted by Gasteiger charge is 2.47. The number of carboxylic acids is 1. The zero-order chi connectivity index (χ0) is 15.1. The number of unbranched alkanes of at least 4 members (excludes halogenated alkanes) is 4. The molecule has 0 heterocycles. The molecule has 0 aliphatic heterocycles. The summed E-state index contributed by atoms with van der Waals surface area (Å²) in [6.45, 7) is 1.55. The Kier molecular flexibility index (Phi) is 6.85. The van der Waals surface area contributed by atoms with Gasteiger partial charge in [0, 0.05) is 24.7 Å². The molecule has 5 heteroatoms. The molecule has 0 bridgehead atoms. The maximum absolute atomic E-state index is 11.9. The molecule has 20 heavy (non-hydrogen) atoms. The highest BCUT2D eigenvalue weighted by Crippen LogP contribution is 2.39. The maximum atomic E-state index is 11.9. The van der Waals surface area contributed by atoms with Crippen LogP contribution in [0.5, 0.6) is 0 Å². The molecular formula is C15H24O5. The Hall–Kier alpha value is -1.23. The summed E-state index contributed by atoms with van der Waals surface area (Å²) >= 11 is 0. The van der Waals surface area contributed by atoms with Gasteiger partial charge in [0.1, 0.15) is 12.1 Å². The fourth-order valence-electron chi connectivity index (χ4n) is 3.12. The summed E-state index contributed by atoms with van der Waals surface area (Å²) < 4.78 is 0. The molecular weight excluding hydrogens is 260 g/mol. The molecule has 1 aliphatic rings. The molecule has 1 rings (SSSR count). The minimum absolute atomic E-state index is 0.0313. The Morgan fingerprint density at radius 1 is 1.35 bits per heavy atom. The second kappa shape index (κ2) is 8.15. The lowest BCUT2D eigenvalue weighted by Gasteiger charge is -2.21. The first kappa shape index (κ1) is 16.8. The van der Waals surface area contributed by atoms with Gasteiger partial charge in [-0.15, -0.1) is 0 Å². The molecule has 0 aromatic heterocycles. The quantitative estimate of drug-likeness (QED) is 0.497. The largest absolute Gasteiger partial charge is 0.481 e. The molecule has 1 saturated carbocycles. The molecule has 0 radical (unpaired) electrons. The van der Waals surface area contributed by atoms with Crippen LogP contribution in [-0.2, 0) is 14.4 Å². The summed E-state index contributed by atoms with van der Waals surface area (Å²) in [6.07, 6.45) is 4.91. The number of carboxylic acid groups (broad SMARTS) is 1. The topological polar surface area (TPSA) is 91.7 Å². The van der Waals surface area contributed by atoms with Gasteiger partial charge in [-0.25, -0.2) is 0 Å². The van der Waals surface area contributed by atoms with Crippen molar-refractivity contribution in [3.8, 4) is 0 Å². The monoisotopic (exact) mass is 284 g/mol. The Labute approximate surface area is 119 Å². The molecule has 114 valence electrons. The fourth-order valence-corrected chi connectivity index (χ4v) is 3.12. The smallest absolute Gasteiger partial charge is 0.307 e. The molecule has 1 fully saturated rings. The van der Waals surface area contributed by atoms with E-state index in [1.165, 1.54) is 0 Å². The van der Waals surface area contributed by atoms with Crippen molar-refractivity contribution in [3.05, 3.63) is 0 Å². The summed E-state index contributed by atoms with van der Waals surface area (Å²) in [4.78, 5) is 33.5. The van der Waals surface area contributed by atoms with Gasteiger partial charge >= 0.3 is 5.97 Å². The van der Waals surface area contributed by atoms with E-state index >= 15 is 0 Å². The van der Waals surface area contributed by atoms with Crippen molar-refractivity contribution in [1.82, 2.24) is 0 Å². The van der Waals surface area contributed by atoms with Crippen LogP contribution in [0.15, 0.2) is 0 Å². The van der Waals surface area contributed by atoms with Gasteiger partial charge in [-0.05, 0) is 19.8 Å². The van der Waals surface area contributed by atoms with Gasteiger partial charge in [-0.3, -0.25) is 9.59 Å². The zero-order valence-electron chi connectivity index (χ0n) is 12.0. The Morgan fingerprint density at radius 2 is 2.00 bits per heavy atom. The van der Waals surface area contributed by atoms with Crippen molar-refractivity contribution in [3.63, 3.8) is 0 Å². The third-order valence-electron chi connectivity index (χ3n) is 4.24. The lowest BCUT2D eigenvalue weighted by atomic mass is 9.84. The molecule has 0 amide bonds. The van der Waals surface area contributed by atoms with E-state index in [2.05, 4.69) is 0 Å². The lowest BCUT2D eigenvalue weighted by Crippen LogP contribution is -2.31. The van der Waals surface area contributed by atoms with E-state index in [9.17, 15) is 24.6 Å². The van der Waals surface area contributed by atoms with Crippen molar-refractivity contribution in [2.24, 2.45) is 17.8 Å². The normalized spacial score (nSPS) is 27.5. The summed E-state index contributed by atoms with van der Waals surface area (Å²) in [7, 11) is 0.